The number of carbonyl (C=O) groups excluding carboxylic acids is 2. The van der Waals surface area contributed by atoms with E-state index in [2.05, 4.69) is 5.32 Å². The highest BCUT2D eigenvalue weighted by Crippen LogP contribution is 2.27. The summed E-state index contributed by atoms with van der Waals surface area (Å²) in [5, 5.41) is 2.93. The van der Waals surface area contributed by atoms with Crippen LogP contribution in [0.4, 0.5) is 5.69 Å². The molecule has 3 rings (SSSR count). The number of nitrogens with one attached hydrogen (secondary N) is 1. The smallest absolute Gasteiger partial charge is 0.227 e. The van der Waals surface area contributed by atoms with Crippen LogP contribution < -0.4 is 19.7 Å². The first-order valence-electron chi connectivity index (χ1n) is 9.04. The third-order valence-corrected chi connectivity index (χ3v) is 4.56. The molecule has 1 N–H and O–H groups in total. The standard InChI is InChI=1S/C21H24N2O4/c1-3-27-19-6-4-5-15(11-19)13-22-21(25)16-12-20(24)23(14-16)17-7-9-18(26-2)10-8-17/h4-11,16H,3,12-14H2,1-2H3,(H,22,25). The summed E-state index contributed by atoms with van der Waals surface area (Å²) in [6.07, 6.45) is 0.219. The van der Waals surface area contributed by atoms with Crippen LogP contribution in [0.15, 0.2) is 48.5 Å². The molecule has 2 amide bonds. The molecule has 1 heterocycles. The molecule has 0 aliphatic carbocycles. The topological polar surface area (TPSA) is 67.9 Å². The van der Waals surface area contributed by atoms with Gasteiger partial charge in [0.25, 0.3) is 0 Å². The molecule has 142 valence electrons. The van der Waals surface area contributed by atoms with Gasteiger partial charge in [0.15, 0.2) is 0 Å². The number of hydrogen-bond acceptors (Lipinski definition) is 4. The van der Waals surface area contributed by atoms with E-state index in [4.69, 9.17) is 9.47 Å². The summed E-state index contributed by atoms with van der Waals surface area (Å²) >= 11 is 0. The van der Waals surface area contributed by atoms with Gasteiger partial charge in [-0.3, -0.25) is 9.59 Å². The first-order chi connectivity index (χ1) is 13.1. The van der Waals surface area contributed by atoms with Gasteiger partial charge in [-0.05, 0) is 48.9 Å². The number of rotatable bonds is 7. The number of amides is 2. The lowest BCUT2D eigenvalue weighted by molar-refractivity contribution is -0.126. The molecule has 0 saturated carbocycles. The number of methoxy groups -OCH3 is 1. The molecular formula is C21H24N2O4. The molecule has 0 spiro atoms. The van der Waals surface area contributed by atoms with Crippen molar-refractivity contribution in [1.82, 2.24) is 5.32 Å². The Balaban J connectivity index is 1.57. The fourth-order valence-corrected chi connectivity index (χ4v) is 3.14. The Kier molecular flexibility index (Phi) is 5.96. The molecule has 0 bridgehead atoms. The van der Waals surface area contributed by atoms with Gasteiger partial charge in [0.2, 0.25) is 11.8 Å². The van der Waals surface area contributed by atoms with Crippen molar-refractivity contribution in [2.75, 3.05) is 25.2 Å². The van der Waals surface area contributed by atoms with Crippen molar-refractivity contribution in [2.45, 2.75) is 19.9 Å². The van der Waals surface area contributed by atoms with Gasteiger partial charge in [-0.2, -0.15) is 0 Å². The van der Waals surface area contributed by atoms with Crippen LogP contribution in [0.1, 0.15) is 18.9 Å². The van der Waals surface area contributed by atoms with Gasteiger partial charge >= 0.3 is 0 Å². The van der Waals surface area contributed by atoms with Crippen molar-refractivity contribution in [1.29, 1.82) is 0 Å². The summed E-state index contributed by atoms with van der Waals surface area (Å²) in [6.45, 7) is 3.32. The van der Waals surface area contributed by atoms with Crippen molar-refractivity contribution < 1.29 is 19.1 Å². The Labute approximate surface area is 159 Å². The Morgan fingerprint density at radius 2 is 1.96 bits per heavy atom. The van der Waals surface area contributed by atoms with Gasteiger partial charge in [0, 0.05) is 25.2 Å². The molecule has 1 unspecified atom stereocenters. The SMILES string of the molecule is CCOc1cccc(CNC(=O)C2CC(=O)N(c3ccc(OC)cc3)C2)c1. The predicted molar refractivity (Wildman–Crippen MR) is 103 cm³/mol. The number of nitrogens with zero attached hydrogens (tertiary/aromatic N) is 1. The van der Waals surface area contributed by atoms with Gasteiger partial charge in [-0.15, -0.1) is 0 Å². The van der Waals surface area contributed by atoms with Gasteiger partial charge in [-0.25, -0.2) is 0 Å². The zero-order valence-corrected chi connectivity index (χ0v) is 15.6. The predicted octanol–water partition coefficient (Wildman–Crippen LogP) is 2.76. The van der Waals surface area contributed by atoms with Crippen LogP contribution in [-0.2, 0) is 16.1 Å². The molecule has 1 atom stereocenters. The van der Waals surface area contributed by atoms with Crippen molar-refractivity contribution >= 4 is 17.5 Å². The van der Waals surface area contributed by atoms with E-state index in [0.717, 1.165) is 22.7 Å². The molecular weight excluding hydrogens is 344 g/mol. The van der Waals surface area contributed by atoms with E-state index in [1.807, 2.05) is 43.3 Å². The lowest BCUT2D eigenvalue weighted by Crippen LogP contribution is -2.32. The third-order valence-electron chi connectivity index (χ3n) is 4.56. The summed E-state index contributed by atoms with van der Waals surface area (Å²) < 4.78 is 10.6. The summed E-state index contributed by atoms with van der Waals surface area (Å²) in [7, 11) is 1.60. The van der Waals surface area contributed by atoms with Gasteiger partial charge in [-0.1, -0.05) is 12.1 Å². The largest absolute Gasteiger partial charge is 0.497 e. The quantitative estimate of drug-likeness (QED) is 0.816. The lowest BCUT2D eigenvalue weighted by atomic mass is 10.1. The minimum Gasteiger partial charge on any atom is -0.497 e. The van der Waals surface area contributed by atoms with E-state index < -0.39 is 0 Å². The Morgan fingerprint density at radius 3 is 2.67 bits per heavy atom. The lowest BCUT2D eigenvalue weighted by Gasteiger charge is -2.17. The fraction of sp³-hybridized carbons (Fsp3) is 0.333. The van der Waals surface area contributed by atoms with Crippen LogP contribution in [0.3, 0.4) is 0 Å². The van der Waals surface area contributed by atoms with Crippen LogP contribution >= 0.6 is 0 Å². The molecule has 6 nitrogen and oxygen atoms in total. The number of carbonyl (C=O) groups is 2. The van der Waals surface area contributed by atoms with E-state index in [-0.39, 0.29) is 24.2 Å². The highest BCUT2D eigenvalue weighted by atomic mass is 16.5. The monoisotopic (exact) mass is 368 g/mol. The number of benzene rings is 2. The molecule has 1 saturated heterocycles. The van der Waals surface area contributed by atoms with Crippen molar-refractivity contribution in [3.8, 4) is 11.5 Å². The van der Waals surface area contributed by atoms with Crippen molar-refractivity contribution in [2.24, 2.45) is 5.92 Å². The molecule has 0 radical (unpaired) electrons. The molecule has 2 aromatic carbocycles. The Bertz CT molecular complexity index is 804. The van der Waals surface area contributed by atoms with Crippen molar-refractivity contribution in [3.05, 3.63) is 54.1 Å². The second kappa shape index (κ2) is 8.58. The fourth-order valence-electron chi connectivity index (χ4n) is 3.14. The maximum Gasteiger partial charge on any atom is 0.227 e. The average Bonchev–Trinajstić information content (AvgIpc) is 3.08. The molecule has 27 heavy (non-hydrogen) atoms. The van der Waals surface area contributed by atoms with Gasteiger partial charge < -0.3 is 19.7 Å². The van der Waals surface area contributed by atoms with E-state index in [9.17, 15) is 9.59 Å². The van der Waals surface area contributed by atoms with E-state index in [0.29, 0.717) is 19.7 Å². The minimum absolute atomic E-state index is 0.0429. The highest BCUT2D eigenvalue weighted by molar-refractivity contribution is 6.00. The molecule has 6 heteroatoms. The minimum atomic E-state index is -0.352. The summed E-state index contributed by atoms with van der Waals surface area (Å²) in [5.74, 6) is 1.01. The van der Waals surface area contributed by atoms with Crippen LogP contribution in [0.2, 0.25) is 0 Å². The first-order valence-corrected chi connectivity index (χ1v) is 9.04. The van der Waals surface area contributed by atoms with Gasteiger partial charge in [0.05, 0.1) is 19.6 Å². The first kappa shape index (κ1) is 18.8. The van der Waals surface area contributed by atoms with E-state index in [1.54, 1.807) is 24.1 Å². The second-order valence-electron chi connectivity index (χ2n) is 6.40. The van der Waals surface area contributed by atoms with Crippen LogP contribution in [-0.4, -0.2) is 32.1 Å². The zero-order chi connectivity index (χ0) is 19.2. The van der Waals surface area contributed by atoms with Crippen LogP contribution in [0, 0.1) is 5.92 Å². The van der Waals surface area contributed by atoms with E-state index >= 15 is 0 Å². The maximum absolute atomic E-state index is 12.5. The molecule has 1 aliphatic rings. The summed E-state index contributed by atoms with van der Waals surface area (Å²) in [6, 6.07) is 14.9. The summed E-state index contributed by atoms with van der Waals surface area (Å²) in [4.78, 5) is 26.5. The number of anilines is 1. The van der Waals surface area contributed by atoms with Crippen LogP contribution in [0.5, 0.6) is 11.5 Å². The molecule has 1 aliphatic heterocycles. The average molecular weight is 368 g/mol. The number of hydrogen-bond donors (Lipinski definition) is 1. The zero-order valence-electron chi connectivity index (χ0n) is 15.6. The highest BCUT2D eigenvalue weighted by Gasteiger charge is 2.34. The van der Waals surface area contributed by atoms with Crippen molar-refractivity contribution in [3.63, 3.8) is 0 Å². The maximum atomic E-state index is 12.5. The molecule has 0 aromatic heterocycles. The second-order valence-corrected chi connectivity index (χ2v) is 6.40. The normalized spacial score (nSPS) is 16.3. The van der Waals surface area contributed by atoms with E-state index in [1.165, 1.54) is 0 Å². The third kappa shape index (κ3) is 4.58. The molecule has 2 aromatic rings. The molecule has 1 fully saturated rings. The van der Waals surface area contributed by atoms with Crippen LogP contribution in [0.25, 0.3) is 0 Å². The Hall–Kier alpha value is -3.02. The summed E-state index contributed by atoms with van der Waals surface area (Å²) in [5.41, 5.74) is 1.74. The Morgan fingerprint density at radius 1 is 1.19 bits per heavy atom. The number of ether oxygens (including phenoxy) is 2. The van der Waals surface area contributed by atoms with Gasteiger partial charge in [0.1, 0.15) is 11.5 Å².